The van der Waals surface area contributed by atoms with Crippen LogP contribution in [0.3, 0.4) is 0 Å². The number of ether oxygens (including phenoxy) is 2. The normalized spacial score (nSPS) is 19.9. The second-order valence-corrected chi connectivity index (χ2v) is 11.1. The van der Waals surface area contributed by atoms with Crippen LogP contribution in [0.15, 0.2) is 24.3 Å². The fourth-order valence-electron chi connectivity index (χ4n) is 3.72. The molecule has 0 aromatic heterocycles. The van der Waals surface area contributed by atoms with Crippen molar-refractivity contribution in [3.8, 4) is 5.75 Å². The van der Waals surface area contributed by atoms with E-state index in [1.807, 2.05) is 45.0 Å². The van der Waals surface area contributed by atoms with Crippen molar-refractivity contribution in [1.29, 1.82) is 0 Å². The molecule has 2 rings (SSSR count). The van der Waals surface area contributed by atoms with E-state index in [-0.39, 0.29) is 11.2 Å². The molecule has 6 heteroatoms. The Morgan fingerprint density at radius 2 is 1.81 bits per heavy atom. The topological polar surface area (TPSA) is 61.8 Å². The summed E-state index contributed by atoms with van der Waals surface area (Å²) in [6, 6.07) is 8.06. The predicted molar refractivity (Wildman–Crippen MR) is 128 cm³/mol. The van der Waals surface area contributed by atoms with Gasteiger partial charge >= 0.3 is 5.97 Å². The highest BCUT2D eigenvalue weighted by Crippen LogP contribution is 2.29. The van der Waals surface area contributed by atoms with Crippen LogP contribution in [0.2, 0.25) is 0 Å². The first-order chi connectivity index (χ1) is 14.8. The molecule has 0 spiro atoms. The smallest absolute Gasteiger partial charge is 0.307 e. The Morgan fingerprint density at radius 3 is 2.48 bits per heavy atom. The van der Waals surface area contributed by atoms with Gasteiger partial charge in [-0.05, 0) is 50.5 Å². The summed E-state index contributed by atoms with van der Waals surface area (Å²) in [5.41, 5.74) is 0.620. The van der Waals surface area contributed by atoms with Crippen LogP contribution in [-0.4, -0.2) is 53.0 Å². The van der Waals surface area contributed by atoms with Crippen LogP contribution in [0.25, 0.3) is 0 Å². The molecule has 0 bridgehead atoms. The zero-order chi connectivity index (χ0) is 22.7. The van der Waals surface area contributed by atoms with Crippen LogP contribution in [0.1, 0.15) is 83.5 Å². The van der Waals surface area contributed by atoms with Gasteiger partial charge in [0.1, 0.15) is 17.1 Å². The zero-order valence-electron chi connectivity index (χ0n) is 19.9. The van der Waals surface area contributed by atoms with E-state index in [1.54, 1.807) is 0 Å². The molecule has 1 saturated heterocycles. The van der Waals surface area contributed by atoms with E-state index in [0.717, 1.165) is 30.9 Å². The Labute approximate surface area is 192 Å². The van der Waals surface area contributed by atoms with Gasteiger partial charge in [-0.15, -0.1) is 0 Å². The molecule has 31 heavy (non-hydrogen) atoms. The molecule has 1 aromatic rings. The van der Waals surface area contributed by atoms with Crippen LogP contribution in [0.5, 0.6) is 5.75 Å². The summed E-state index contributed by atoms with van der Waals surface area (Å²) in [4.78, 5) is 14.2. The molecule has 176 valence electrons. The minimum Gasteiger partial charge on any atom is -0.616 e. The van der Waals surface area contributed by atoms with Gasteiger partial charge in [0.15, 0.2) is 5.25 Å². The van der Waals surface area contributed by atoms with Crippen molar-refractivity contribution in [1.82, 2.24) is 4.90 Å². The third-order valence-corrected chi connectivity index (χ3v) is 7.06. The summed E-state index contributed by atoms with van der Waals surface area (Å²) in [6.45, 7) is 10.7. The molecule has 1 aliphatic heterocycles. The third-order valence-electron chi connectivity index (χ3n) is 5.42. The number of rotatable bonds is 12. The van der Waals surface area contributed by atoms with Crippen LogP contribution in [0, 0.1) is 0 Å². The number of unbranched alkanes of at least 4 members (excludes halogenated alkanes) is 5. The van der Waals surface area contributed by atoms with Crippen LogP contribution < -0.4 is 4.74 Å². The lowest BCUT2D eigenvalue weighted by molar-refractivity contribution is -0.155. The molecule has 1 heterocycles. The van der Waals surface area contributed by atoms with Crippen molar-refractivity contribution in [2.75, 3.05) is 32.0 Å². The second kappa shape index (κ2) is 13.3. The summed E-state index contributed by atoms with van der Waals surface area (Å²) < 4.78 is 23.9. The van der Waals surface area contributed by atoms with Gasteiger partial charge in [0.2, 0.25) is 0 Å². The number of carbonyl (C=O) groups is 1. The van der Waals surface area contributed by atoms with E-state index in [0.29, 0.717) is 25.3 Å². The molecule has 0 amide bonds. The fraction of sp³-hybridized carbons (Fsp3) is 0.720. The maximum atomic E-state index is 12.6. The van der Waals surface area contributed by atoms with Crippen molar-refractivity contribution < 1.29 is 18.8 Å². The molecule has 0 saturated carbocycles. The number of hydrogen-bond donors (Lipinski definition) is 0. The molecule has 1 aliphatic rings. The van der Waals surface area contributed by atoms with Gasteiger partial charge in [-0.3, -0.25) is 9.69 Å². The highest BCUT2D eigenvalue weighted by atomic mass is 32.2. The standard InChI is InChI=1S/C25H41NO4S/c1-5-6-7-8-9-10-18-29-22-13-11-21(12-14-22)23-20-26(17-19-31(23)28)16-15-24(27)30-25(2,3)4/h11-14,23H,5-10,15-20H2,1-4H3. The van der Waals surface area contributed by atoms with E-state index in [4.69, 9.17) is 9.47 Å². The minimum atomic E-state index is -0.896. The molecular weight excluding hydrogens is 410 g/mol. The first kappa shape index (κ1) is 26.0. The maximum Gasteiger partial charge on any atom is 0.307 e. The van der Waals surface area contributed by atoms with E-state index in [2.05, 4.69) is 11.8 Å². The molecule has 0 radical (unpaired) electrons. The molecule has 0 aliphatic carbocycles. The summed E-state index contributed by atoms with van der Waals surface area (Å²) in [5.74, 6) is 1.33. The minimum absolute atomic E-state index is 0.0278. The monoisotopic (exact) mass is 451 g/mol. The predicted octanol–water partition coefficient (Wildman–Crippen LogP) is 5.26. The zero-order valence-corrected chi connectivity index (χ0v) is 20.7. The van der Waals surface area contributed by atoms with E-state index < -0.39 is 16.8 Å². The lowest BCUT2D eigenvalue weighted by atomic mass is 10.1. The lowest BCUT2D eigenvalue weighted by Crippen LogP contribution is -2.43. The first-order valence-corrected chi connectivity index (χ1v) is 13.2. The van der Waals surface area contributed by atoms with Gasteiger partial charge < -0.3 is 14.0 Å². The highest BCUT2D eigenvalue weighted by molar-refractivity contribution is 7.91. The molecular formula is C25H41NO4S. The number of carbonyl (C=O) groups excluding carboxylic acids is 1. The third kappa shape index (κ3) is 10.3. The fourth-order valence-corrected chi connectivity index (χ4v) is 5.28. The first-order valence-electron chi connectivity index (χ1n) is 11.8. The van der Waals surface area contributed by atoms with E-state index >= 15 is 0 Å². The molecule has 5 nitrogen and oxygen atoms in total. The van der Waals surface area contributed by atoms with Gasteiger partial charge in [-0.1, -0.05) is 51.2 Å². The Kier molecular flexibility index (Phi) is 11.2. The van der Waals surface area contributed by atoms with Crippen molar-refractivity contribution in [2.24, 2.45) is 0 Å². The second-order valence-electron chi connectivity index (χ2n) is 9.40. The number of nitrogens with zero attached hydrogens (tertiary/aromatic N) is 1. The molecule has 0 N–H and O–H groups in total. The van der Waals surface area contributed by atoms with Gasteiger partial charge in [0.05, 0.1) is 19.6 Å². The quantitative estimate of drug-likeness (QED) is 0.246. The lowest BCUT2D eigenvalue weighted by Gasteiger charge is -2.34. The number of hydrogen-bond acceptors (Lipinski definition) is 5. The molecule has 1 fully saturated rings. The summed E-state index contributed by atoms with van der Waals surface area (Å²) in [5, 5.41) is -0.0278. The SMILES string of the molecule is CCCCCCCCOc1ccc(C2CN(CCC(=O)OC(C)(C)C)CC[S+]2[O-])cc1. The van der Waals surface area contributed by atoms with Crippen LogP contribution >= 0.6 is 0 Å². The number of benzene rings is 1. The van der Waals surface area contributed by atoms with Gasteiger partial charge in [0.25, 0.3) is 0 Å². The van der Waals surface area contributed by atoms with E-state index in [1.165, 1.54) is 32.1 Å². The summed E-state index contributed by atoms with van der Waals surface area (Å²) in [7, 11) is 0. The molecule has 1 aromatic carbocycles. The largest absolute Gasteiger partial charge is 0.616 e. The maximum absolute atomic E-state index is 12.6. The van der Waals surface area contributed by atoms with Gasteiger partial charge in [0, 0.05) is 18.7 Å². The van der Waals surface area contributed by atoms with Gasteiger partial charge in [-0.2, -0.15) is 0 Å². The van der Waals surface area contributed by atoms with Crippen LogP contribution in [0.4, 0.5) is 0 Å². The molecule has 2 unspecified atom stereocenters. The summed E-state index contributed by atoms with van der Waals surface area (Å²) in [6.07, 6.45) is 7.87. The average Bonchev–Trinajstić information content (AvgIpc) is 2.72. The Morgan fingerprint density at radius 1 is 1.13 bits per heavy atom. The number of esters is 1. The van der Waals surface area contributed by atoms with Gasteiger partial charge in [-0.25, -0.2) is 0 Å². The van der Waals surface area contributed by atoms with Crippen molar-refractivity contribution in [3.05, 3.63) is 29.8 Å². The average molecular weight is 452 g/mol. The van der Waals surface area contributed by atoms with Crippen LogP contribution in [-0.2, 0) is 20.7 Å². The highest BCUT2D eigenvalue weighted by Gasteiger charge is 2.32. The van der Waals surface area contributed by atoms with Crippen molar-refractivity contribution in [3.63, 3.8) is 0 Å². The molecule has 2 atom stereocenters. The Bertz CT molecular complexity index is 644. The Balaban J connectivity index is 1.77. The van der Waals surface area contributed by atoms with Crippen molar-refractivity contribution in [2.45, 2.75) is 83.5 Å². The summed E-state index contributed by atoms with van der Waals surface area (Å²) >= 11 is -0.896. The van der Waals surface area contributed by atoms with Crippen molar-refractivity contribution >= 4 is 17.1 Å². The Hall–Kier alpha value is -1.24. The van der Waals surface area contributed by atoms with E-state index in [9.17, 15) is 9.35 Å².